The van der Waals surface area contributed by atoms with Gasteiger partial charge in [0.05, 0.1) is 5.92 Å². The van der Waals surface area contributed by atoms with E-state index in [0.29, 0.717) is 18.7 Å². The summed E-state index contributed by atoms with van der Waals surface area (Å²) in [6, 6.07) is 6.80. The summed E-state index contributed by atoms with van der Waals surface area (Å²) in [6.07, 6.45) is -0.998. The first-order valence-corrected chi connectivity index (χ1v) is 7.67. The van der Waals surface area contributed by atoms with Crippen LogP contribution in [0.1, 0.15) is 25.3 Å². The summed E-state index contributed by atoms with van der Waals surface area (Å²) in [4.78, 5) is 24.2. The Bertz CT molecular complexity index is 624. The molecule has 1 heterocycles. The predicted molar refractivity (Wildman–Crippen MR) is 85.1 cm³/mol. The number of nitrogens with zero attached hydrogens (tertiary/aromatic N) is 1. The second-order valence-electron chi connectivity index (χ2n) is 5.80. The summed E-state index contributed by atoms with van der Waals surface area (Å²) in [5.74, 6) is -2.05. The van der Waals surface area contributed by atoms with Crippen LogP contribution in [-0.4, -0.2) is 36.0 Å². The molecule has 24 heavy (non-hydrogen) atoms. The van der Waals surface area contributed by atoms with Crippen molar-refractivity contribution in [3.63, 3.8) is 0 Å². The summed E-state index contributed by atoms with van der Waals surface area (Å²) >= 11 is 0. The zero-order chi connectivity index (χ0) is 17.7. The van der Waals surface area contributed by atoms with Crippen molar-refractivity contribution in [2.75, 3.05) is 18.4 Å². The topological polar surface area (TPSA) is 49.4 Å². The number of hydrogen-bond acceptors (Lipinski definition) is 2. The van der Waals surface area contributed by atoms with Crippen LogP contribution < -0.4 is 5.32 Å². The molecule has 0 bridgehead atoms. The SMILES string of the molecule is CC(=O)Nc1ccc(/C=C/C(=O)N2CCCC(C(F)(F)F)C2)cc1. The molecule has 0 radical (unpaired) electrons. The van der Waals surface area contributed by atoms with Gasteiger partial charge in [0.15, 0.2) is 0 Å². The van der Waals surface area contributed by atoms with Crippen molar-refractivity contribution in [3.05, 3.63) is 35.9 Å². The molecule has 2 amide bonds. The fourth-order valence-corrected chi connectivity index (χ4v) is 2.60. The van der Waals surface area contributed by atoms with E-state index < -0.39 is 18.0 Å². The van der Waals surface area contributed by atoms with Crippen LogP contribution in [0.15, 0.2) is 30.3 Å². The van der Waals surface area contributed by atoms with E-state index in [1.165, 1.54) is 17.9 Å². The van der Waals surface area contributed by atoms with Crippen LogP contribution in [0.2, 0.25) is 0 Å². The average Bonchev–Trinajstić information content (AvgIpc) is 2.53. The normalized spacial score (nSPS) is 18.7. The minimum Gasteiger partial charge on any atom is -0.339 e. The van der Waals surface area contributed by atoms with Gasteiger partial charge in [-0.25, -0.2) is 0 Å². The van der Waals surface area contributed by atoms with Crippen molar-refractivity contribution in [1.82, 2.24) is 4.90 Å². The number of likely N-dealkylation sites (tertiary alicyclic amines) is 1. The molecule has 1 aliphatic rings. The quantitative estimate of drug-likeness (QED) is 0.857. The fraction of sp³-hybridized carbons (Fsp3) is 0.412. The van der Waals surface area contributed by atoms with Crippen LogP contribution in [0.5, 0.6) is 0 Å². The number of alkyl halides is 3. The lowest BCUT2D eigenvalue weighted by molar-refractivity contribution is -0.187. The van der Waals surface area contributed by atoms with Crippen molar-refractivity contribution < 1.29 is 22.8 Å². The third-order valence-electron chi connectivity index (χ3n) is 3.85. The number of benzene rings is 1. The van der Waals surface area contributed by atoms with E-state index in [1.807, 2.05) is 0 Å². The van der Waals surface area contributed by atoms with E-state index in [-0.39, 0.29) is 18.9 Å². The summed E-state index contributed by atoms with van der Waals surface area (Å²) in [5, 5.41) is 2.62. The maximum absolute atomic E-state index is 12.8. The largest absolute Gasteiger partial charge is 0.393 e. The third kappa shape index (κ3) is 5.11. The maximum Gasteiger partial charge on any atom is 0.393 e. The first-order chi connectivity index (χ1) is 11.3. The lowest BCUT2D eigenvalue weighted by Crippen LogP contribution is -2.44. The molecule has 1 fully saturated rings. The Kier molecular flexibility index (Phi) is 5.64. The average molecular weight is 340 g/mol. The predicted octanol–water partition coefficient (Wildman–Crippen LogP) is 3.46. The Morgan fingerprint density at radius 1 is 1.25 bits per heavy atom. The molecule has 0 aromatic heterocycles. The lowest BCUT2D eigenvalue weighted by atomic mass is 9.97. The second kappa shape index (κ2) is 7.51. The fourth-order valence-electron chi connectivity index (χ4n) is 2.60. The molecule has 2 rings (SSSR count). The lowest BCUT2D eigenvalue weighted by Gasteiger charge is -2.33. The number of amides is 2. The molecule has 1 aliphatic heterocycles. The number of anilines is 1. The van der Waals surface area contributed by atoms with Crippen molar-refractivity contribution in [2.24, 2.45) is 5.92 Å². The van der Waals surface area contributed by atoms with E-state index in [0.717, 1.165) is 5.56 Å². The molecular formula is C17H19F3N2O2. The number of piperidine rings is 1. The zero-order valence-corrected chi connectivity index (χ0v) is 13.3. The number of carbonyl (C=O) groups excluding carboxylic acids is 2. The van der Waals surface area contributed by atoms with E-state index in [4.69, 9.17) is 0 Å². The van der Waals surface area contributed by atoms with E-state index in [9.17, 15) is 22.8 Å². The summed E-state index contributed by atoms with van der Waals surface area (Å²) in [7, 11) is 0. The molecule has 4 nitrogen and oxygen atoms in total. The van der Waals surface area contributed by atoms with Gasteiger partial charge in [-0.3, -0.25) is 9.59 Å². The van der Waals surface area contributed by atoms with Crippen LogP contribution >= 0.6 is 0 Å². The van der Waals surface area contributed by atoms with Gasteiger partial charge in [0.2, 0.25) is 11.8 Å². The zero-order valence-electron chi connectivity index (χ0n) is 13.3. The number of hydrogen-bond donors (Lipinski definition) is 1. The first kappa shape index (κ1) is 18.0. The molecule has 1 aromatic carbocycles. The van der Waals surface area contributed by atoms with Crippen LogP contribution in [0.3, 0.4) is 0 Å². The number of rotatable bonds is 3. The minimum absolute atomic E-state index is 0.0710. The van der Waals surface area contributed by atoms with Crippen LogP contribution in [-0.2, 0) is 9.59 Å². The van der Waals surface area contributed by atoms with Gasteiger partial charge in [-0.2, -0.15) is 13.2 Å². The third-order valence-corrected chi connectivity index (χ3v) is 3.85. The smallest absolute Gasteiger partial charge is 0.339 e. The molecule has 1 unspecified atom stereocenters. The highest BCUT2D eigenvalue weighted by Gasteiger charge is 2.42. The minimum atomic E-state index is -4.26. The van der Waals surface area contributed by atoms with Crippen molar-refractivity contribution >= 4 is 23.6 Å². The molecular weight excluding hydrogens is 321 g/mol. The first-order valence-electron chi connectivity index (χ1n) is 7.67. The molecule has 1 atom stereocenters. The molecule has 130 valence electrons. The highest BCUT2D eigenvalue weighted by molar-refractivity contribution is 5.92. The highest BCUT2D eigenvalue weighted by atomic mass is 19.4. The summed E-state index contributed by atoms with van der Waals surface area (Å²) in [5.41, 5.74) is 1.36. The molecule has 7 heteroatoms. The monoisotopic (exact) mass is 340 g/mol. The van der Waals surface area contributed by atoms with E-state index in [2.05, 4.69) is 5.32 Å². The van der Waals surface area contributed by atoms with Crippen LogP contribution in [0.25, 0.3) is 6.08 Å². The second-order valence-corrected chi connectivity index (χ2v) is 5.80. The Morgan fingerprint density at radius 3 is 2.50 bits per heavy atom. The van der Waals surface area contributed by atoms with Crippen LogP contribution in [0, 0.1) is 5.92 Å². The van der Waals surface area contributed by atoms with E-state index in [1.54, 1.807) is 30.3 Å². The molecule has 1 saturated heterocycles. The van der Waals surface area contributed by atoms with Gasteiger partial charge in [0, 0.05) is 31.8 Å². The van der Waals surface area contributed by atoms with Gasteiger partial charge < -0.3 is 10.2 Å². The van der Waals surface area contributed by atoms with Crippen molar-refractivity contribution in [3.8, 4) is 0 Å². The summed E-state index contributed by atoms with van der Waals surface area (Å²) < 4.78 is 38.3. The Hall–Kier alpha value is -2.31. The van der Waals surface area contributed by atoms with Gasteiger partial charge in [0.1, 0.15) is 0 Å². The Morgan fingerprint density at radius 2 is 1.92 bits per heavy atom. The summed E-state index contributed by atoms with van der Waals surface area (Å²) in [6.45, 7) is 1.46. The van der Waals surface area contributed by atoms with Gasteiger partial charge in [0.25, 0.3) is 0 Å². The molecule has 1 aromatic rings. The molecule has 0 spiro atoms. The van der Waals surface area contributed by atoms with Gasteiger partial charge in [-0.05, 0) is 36.6 Å². The van der Waals surface area contributed by atoms with E-state index >= 15 is 0 Å². The van der Waals surface area contributed by atoms with Crippen molar-refractivity contribution in [1.29, 1.82) is 0 Å². The highest BCUT2D eigenvalue weighted by Crippen LogP contribution is 2.33. The number of nitrogens with one attached hydrogen (secondary N) is 1. The van der Waals surface area contributed by atoms with Gasteiger partial charge in [-0.15, -0.1) is 0 Å². The van der Waals surface area contributed by atoms with Gasteiger partial charge >= 0.3 is 6.18 Å². The Balaban J connectivity index is 1.96. The number of carbonyl (C=O) groups is 2. The molecule has 1 N–H and O–H groups in total. The molecule has 0 aliphatic carbocycles. The number of halogens is 3. The van der Waals surface area contributed by atoms with Gasteiger partial charge in [-0.1, -0.05) is 12.1 Å². The Labute approximate surface area is 138 Å². The van der Waals surface area contributed by atoms with Crippen molar-refractivity contribution in [2.45, 2.75) is 25.9 Å². The molecule has 0 saturated carbocycles. The van der Waals surface area contributed by atoms with Crippen LogP contribution in [0.4, 0.5) is 18.9 Å². The maximum atomic E-state index is 12.8. The standard InChI is InChI=1S/C17H19F3N2O2/c1-12(23)21-15-7-4-13(5-8-15)6-9-16(24)22-10-2-3-14(11-22)17(18,19)20/h4-9,14H,2-3,10-11H2,1H3,(H,21,23)/b9-6+.